The molecular formula is C14H17F2NO3. The van der Waals surface area contributed by atoms with E-state index >= 15 is 0 Å². The Balaban J connectivity index is 1.98. The Morgan fingerprint density at radius 3 is 2.60 bits per heavy atom. The molecule has 0 bridgehead atoms. The van der Waals surface area contributed by atoms with Gasteiger partial charge in [-0.3, -0.25) is 4.79 Å². The summed E-state index contributed by atoms with van der Waals surface area (Å²) in [5.41, 5.74) is -0.282. The van der Waals surface area contributed by atoms with E-state index in [1.807, 2.05) is 0 Å². The highest BCUT2D eigenvalue weighted by Crippen LogP contribution is 2.20. The fourth-order valence-corrected chi connectivity index (χ4v) is 2.26. The number of ether oxygens (including phenoxy) is 1. The topological polar surface area (TPSA) is 58.6 Å². The zero-order valence-electron chi connectivity index (χ0n) is 11.0. The van der Waals surface area contributed by atoms with Crippen LogP contribution >= 0.6 is 0 Å². The summed E-state index contributed by atoms with van der Waals surface area (Å²) in [5.74, 6) is -2.24. The SMILES string of the molecule is O=C(Cc1ccc(F)c(F)c1)NC1(CO)CCOCC1. The minimum Gasteiger partial charge on any atom is -0.394 e. The van der Waals surface area contributed by atoms with Gasteiger partial charge in [-0.05, 0) is 30.5 Å². The first-order valence-corrected chi connectivity index (χ1v) is 6.48. The van der Waals surface area contributed by atoms with Crippen molar-refractivity contribution in [2.45, 2.75) is 24.8 Å². The van der Waals surface area contributed by atoms with E-state index in [4.69, 9.17) is 4.74 Å². The molecular weight excluding hydrogens is 268 g/mol. The van der Waals surface area contributed by atoms with Crippen molar-refractivity contribution < 1.29 is 23.4 Å². The quantitative estimate of drug-likeness (QED) is 0.873. The molecule has 110 valence electrons. The molecule has 1 heterocycles. The normalized spacial score (nSPS) is 17.8. The van der Waals surface area contributed by atoms with Gasteiger partial charge in [-0.2, -0.15) is 0 Å². The molecule has 6 heteroatoms. The van der Waals surface area contributed by atoms with E-state index in [0.717, 1.165) is 12.1 Å². The number of benzene rings is 1. The second-order valence-corrected chi connectivity index (χ2v) is 5.02. The Morgan fingerprint density at radius 1 is 1.30 bits per heavy atom. The number of hydrogen-bond acceptors (Lipinski definition) is 3. The molecule has 0 radical (unpaired) electrons. The summed E-state index contributed by atoms with van der Waals surface area (Å²) < 4.78 is 31.1. The predicted octanol–water partition coefficient (Wildman–Crippen LogP) is 1.17. The van der Waals surface area contributed by atoms with Gasteiger partial charge in [-0.15, -0.1) is 0 Å². The van der Waals surface area contributed by atoms with E-state index in [0.29, 0.717) is 31.6 Å². The number of hydrogen-bond donors (Lipinski definition) is 2. The lowest BCUT2D eigenvalue weighted by atomic mass is 9.90. The molecule has 4 nitrogen and oxygen atoms in total. The van der Waals surface area contributed by atoms with Crippen LogP contribution in [0.3, 0.4) is 0 Å². The Bertz CT molecular complexity index is 487. The van der Waals surface area contributed by atoms with Gasteiger partial charge in [0, 0.05) is 13.2 Å². The lowest BCUT2D eigenvalue weighted by Gasteiger charge is -2.36. The van der Waals surface area contributed by atoms with Crippen LogP contribution in [0.15, 0.2) is 18.2 Å². The third kappa shape index (κ3) is 3.52. The van der Waals surface area contributed by atoms with Crippen LogP contribution in [0.25, 0.3) is 0 Å². The van der Waals surface area contributed by atoms with Crippen molar-refractivity contribution in [1.29, 1.82) is 0 Å². The maximum absolute atomic E-state index is 13.1. The van der Waals surface area contributed by atoms with Crippen molar-refractivity contribution in [2.75, 3.05) is 19.8 Å². The number of halogens is 2. The van der Waals surface area contributed by atoms with Gasteiger partial charge in [0.15, 0.2) is 11.6 Å². The molecule has 0 aliphatic carbocycles. The molecule has 20 heavy (non-hydrogen) atoms. The Kier molecular flexibility index (Phi) is 4.67. The first kappa shape index (κ1) is 14.9. The van der Waals surface area contributed by atoms with Gasteiger partial charge < -0.3 is 15.2 Å². The van der Waals surface area contributed by atoms with Gasteiger partial charge in [0.05, 0.1) is 18.6 Å². The van der Waals surface area contributed by atoms with Crippen LogP contribution in [0.4, 0.5) is 8.78 Å². The second kappa shape index (κ2) is 6.28. The standard InChI is InChI=1S/C14H17F2NO3/c15-11-2-1-10(7-12(11)16)8-13(19)17-14(9-18)3-5-20-6-4-14/h1-2,7,18H,3-6,8-9H2,(H,17,19). The monoisotopic (exact) mass is 285 g/mol. The number of carbonyl (C=O) groups excluding carboxylic acids is 1. The number of rotatable bonds is 4. The predicted molar refractivity (Wildman–Crippen MR) is 68.1 cm³/mol. The van der Waals surface area contributed by atoms with Crippen LogP contribution in [0.5, 0.6) is 0 Å². The van der Waals surface area contributed by atoms with Gasteiger partial charge in [0.25, 0.3) is 0 Å². The van der Waals surface area contributed by atoms with E-state index in [-0.39, 0.29) is 18.9 Å². The van der Waals surface area contributed by atoms with Gasteiger partial charge in [0.2, 0.25) is 5.91 Å². The molecule has 2 N–H and O–H groups in total. The molecule has 1 amide bonds. The summed E-state index contributed by atoms with van der Waals surface area (Å²) in [4.78, 5) is 12.0. The Morgan fingerprint density at radius 2 is 2.00 bits per heavy atom. The van der Waals surface area contributed by atoms with Gasteiger partial charge in [-0.1, -0.05) is 6.07 Å². The van der Waals surface area contributed by atoms with Gasteiger partial charge in [0.1, 0.15) is 0 Å². The molecule has 1 saturated heterocycles. The van der Waals surface area contributed by atoms with E-state index in [1.54, 1.807) is 0 Å². The van der Waals surface area contributed by atoms with Crippen LogP contribution in [-0.2, 0) is 16.0 Å². The maximum Gasteiger partial charge on any atom is 0.224 e. The minimum atomic E-state index is -0.974. The van der Waals surface area contributed by atoms with E-state index in [9.17, 15) is 18.7 Å². The number of aliphatic hydroxyl groups excluding tert-OH is 1. The summed E-state index contributed by atoms with van der Waals surface area (Å²) in [6.07, 6.45) is 1.01. The third-order valence-electron chi connectivity index (χ3n) is 3.51. The summed E-state index contributed by atoms with van der Waals surface area (Å²) in [7, 11) is 0. The number of nitrogens with one attached hydrogen (secondary N) is 1. The number of carbonyl (C=O) groups is 1. The average Bonchev–Trinajstić information content (AvgIpc) is 2.44. The molecule has 1 fully saturated rings. The fourth-order valence-electron chi connectivity index (χ4n) is 2.26. The lowest BCUT2D eigenvalue weighted by Crippen LogP contribution is -2.55. The maximum atomic E-state index is 13.1. The lowest BCUT2D eigenvalue weighted by molar-refractivity contribution is -0.124. The van der Waals surface area contributed by atoms with Gasteiger partial charge in [-0.25, -0.2) is 8.78 Å². The van der Waals surface area contributed by atoms with Crippen LogP contribution in [0.2, 0.25) is 0 Å². The van der Waals surface area contributed by atoms with Crippen molar-refractivity contribution in [1.82, 2.24) is 5.32 Å². The summed E-state index contributed by atoms with van der Waals surface area (Å²) in [6.45, 7) is 0.790. The Hall–Kier alpha value is -1.53. The van der Waals surface area contributed by atoms with Crippen molar-refractivity contribution in [3.05, 3.63) is 35.4 Å². The summed E-state index contributed by atoms with van der Waals surface area (Å²) >= 11 is 0. The van der Waals surface area contributed by atoms with Crippen LogP contribution in [0.1, 0.15) is 18.4 Å². The smallest absolute Gasteiger partial charge is 0.224 e. The average molecular weight is 285 g/mol. The van der Waals surface area contributed by atoms with E-state index in [2.05, 4.69) is 5.32 Å². The molecule has 0 unspecified atom stereocenters. The molecule has 2 rings (SSSR count). The van der Waals surface area contributed by atoms with Crippen molar-refractivity contribution in [3.8, 4) is 0 Å². The highest BCUT2D eigenvalue weighted by molar-refractivity contribution is 5.79. The molecule has 0 aromatic heterocycles. The zero-order valence-corrected chi connectivity index (χ0v) is 11.0. The number of aliphatic hydroxyl groups is 1. The first-order chi connectivity index (χ1) is 9.54. The second-order valence-electron chi connectivity index (χ2n) is 5.02. The Labute approximate surface area is 115 Å². The van der Waals surface area contributed by atoms with Crippen molar-refractivity contribution in [3.63, 3.8) is 0 Å². The number of amides is 1. The van der Waals surface area contributed by atoms with E-state index in [1.165, 1.54) is 6.07 Å². The highest BCUT2D eigenvalue weighted by Gasteiger charge is 2.33. The van der Waals surface area contributed by atoms with Crippen molar-refractivity contribution >= 4 is 5.91 Å². The molecule has 1 aromatic rings. The molecule has 1 aromatic carbocycles. The largest absolute Gasteiger partial charge is 0.394 e. The van der Waals surface area contributed by atoms with Gasteiger partial charge >= 0.3 is 0 Å². The zero-order chi connectivity index (χ0) is 14.6. The van der Waals surface area contributed by atoms with Crippen LogP contribution < -0.4 is 5.32 Å². The van der Waals surface area contributed by atoms with Crippen LogP contribution in [0, 0.1) is 11.6 Å². The van der Waals surface area contributed by atoms with E-state index < -0.39 is 17.2 Å². The summed E-state index contributed by atoms with van der Waals surface area (Å²) in [6, 6.07) is 3.37. The fraction of sp³-hybridized carbons (Fsp3) is 0.500. The molecule has 0 atom stereocenters. The summed E-state index contributed by atoms with van der Waals surface area (Å²) in [5, 5.41) is 12.2. The third-order valence-corrected chi connectivity index (χ3v) is 3.51. The minimum absolute atomic E-state index is 0.0557. The first-order valence-electron chi connectivity index (χ1n) is 6.48. The molecule has 0 saturated carbocycles. The molecule has 0 spiro atoms. The highest BCUT2D eigenvalue weighted by atomic mass is 19.2. The molecule has 1 aliphatic rings. The van der Waals surface area contributed by atoms with Crippen molar-refractivity contribution in [2.24, 2.45) is 0 Å². The molecule has 1 aliphatic heterocycles. The van der Waals surface area contributed by atoms with Crippen LogP contribution in [-0.4, -0.2) is 36.4 Å².